The summed E-state index contributed by atoms with van der Waals surface area (Å²) >= 11 is 1.84. The fourth-order valence-corrected chi connectivity index (χ4v) is 6.19. The van der Waals surface area contributed by atoms with E-state index in [1.165, 1.54) is 99.5 Å². The van der Waals surface area contributed by atoms with Gasteiger partial charge in [0.15, 0.2) is 0 Å². The van der Waals surface area contributed by atoms with Crippen molar-refractivity contribution in [3.05, 3.63) is 52.0 Å². The molecule has 3 heterocycles. The molecule has 1 aromatic carbocycles. The fraction of sp³-hybridized carbons (Fsp3) is 0.656. The number of fused-ring (bicyclic) bond motifs is 1. The van der Waals surface area contributed by atoms with Crippen molar-refractivity contribution in [3.8, 4) is 0 Å². The number of thiophene rings is 1. The molecule has 4 nitrogen and oxygen atoms in total. The van der Waals surface area contributed by atoms with Crippen molar-refractivity contribution in [3.63, 3.8) is 0 Å². The van der Waals surface area contributed by atoms with E-state index in [1.807, 2.05) is 11.3 Å². The summed E-state index contributed by atoms with van der Waals surface area (Å²) in [6.45, 7) is 17.6. The average molecular weight is 523 g/mol. The number of imidazole rings is 1. The van der Waals surface area contributed by atoms with Gasteiger partial charge in [-0.1, -0.05) is 52.7 Å². The van der Waals surface area contributed by atoms with E-state index >= 15 is 0 Å². The molecule has 204 valence electrons. The number of aromatic nitrogens is 2. The van der Waals surface area contributed by atoms with Gasteiger partial charge in [-0.15, -0.1) is 11.3 Å². The Labute approximate surface area is 230 Å². The van der Waals surface area contributed by atoms with Gasteiger partial charge in [-0.25, -0.2) is 4.98 Å². The molecule has 0 saturated carbocycles. The second-order valence-corrected chi connectivity index (χ2v) is 13.0. The molecule has 0 bridgehead atoms. The molecule has 0 aliphatic carbocycles. The van der Waals surface area contributed by atoms with Crippen molar-refractivity contribution in [1.82, 2.24) is 19.4 Å². The lowest BCUT2D eigenvalue weighted by Gasteiger charge is -2.24. The molecule has 1 saturated heterocycles. The summed E-state index contributed by atoms with van der Waals surface area (Å²) in [5, 5.41) is 2.18. The summed E-state index contributed by atoms with van der Waals surface area (Å²) in [6, 6.07) is 11.5. The molecule has 0 spiro atoms. The summed E-state index contributed by atoms with van der Waals surface area (Å²) in [5.74, 6) is 2.71. The lowest BCUT2D eigenvalue weighted by molar-refractivity contribution is 0.236. The summed E-state index contributed by atoms with van der Waals surface area (Å²) < 4.78 is 2.54. The van der Waals surface area contributed by atoms with Crippen molar-refractivity contribution in [2.24, 2.45) is 11.8 Å². The van der Waals surface area contributed by atoms with Gasteiger partial charge in [0.1, 0.15) is 5.82 Å². The van der Waals surface area contributed by atoms with Crippen LogP contribution in [0.3, 0.4) is 0 Å². The molecule has 3 aromatic rings. The van der Waals surface area contributed by atoms with Gasteiger partial charge in [-0.2, -0.15) is 0 Å². The number of hydrogen-bond donors (Lipinski definition) is 0. The standard InChI is InChI=1S/C32H50N4S/c1-26(2)14-20-35(21-15-27(3)4)25-28-12-13-30-31(23-28)36(32(33-30)24-29-11-9-22-37-29)19-10-18-34-16-7-5-6-8-17-34/h9,11-13,22-23,26-27H,5-8,10,14-21,24-25H2,1-4H3. The lowest BCUT2D eigenvalue weighted by Crippen LogP contribution is -2.27. The maximum absolute atomic E-state index is 5.15. The van der Waals surface area contributed by atoms with E-state index in [1.54, 1.807) is 0 Å². The first-order valence-electron chi connectivity index (χ1n) is 14.9. The van der Waals surface area contributed by atoms with Gasteiger partial charge in [0.2, 0.25) is 0 Å². The summed E-state index contributed by atoms with van der Waals surface area (Å²) in [5.41, 5.74) is 3.91. The molecule has 0 radical (unpaired) electrons. The van der Waals surface area contributed by atoms with Crippen molar-refractivity contribution in [1.29, 1.82) is 0 Å². The molecule has 2 aromatic heterocycles. The molecule has 37 heavy (non-hydrogen) atoms. The van der Waals surface area contributed by atoms with Crippen LogP contribution in [0.15, 0.2) is 35.7 Å². The Morgan fingerprint density at radius 3 is 2.30 bits per heavy atom. The highest BCUT2D eigenvalue weighted by Gasteiger charge is 2.15. The minimum atomic E-state index is 0.745. The van der Waals surface area contributed by atoms with Crippen LogP contribution in [-0.4, -0.2) is 52.1 Å². The van der Waals surface area contributed by atoms with Crippen LogP contribution in [0.25, 0.3) is 11.0 Å². The SMILES string of the molecule is CC(C)CCN(CCC(C)C)Cc1ccc2nc(Cc3cccs3)n(CCCN3CCCCCC3)c2c1. The Morgan fingerprint density at radius 1 is 0.919 bits per heavy atom. The number of likely N-dealkylation sites (tertiary alicyclic amines) is 1. The van der Waals surface area contributed by atoms with Gasteiger partial charge in [0, 0.05) is 24.4 Å². The largest absolute Gasteiger partial charge is 0.328 e. The van der Waals surface area contributed by atoms with Crippen molar-refractivity contribution >= 4 is 22.4 Å². The Morgan fingerprint density at radius 2 is 1.65 bits per heavy atom. The molecular formula is C32H50N4S. The number of rotatable bonds is 14. The van der Waals surface area contributed by atoms with E-state index < -0.39 is 0 Å². The fourth-order valence-electron chi connectivity index (χ4n) is 5.49. The third-order valence-electron chi connectivity index (χ3n) is 7.81. The smallest absolute Gasteiger partial charge is 0.115 e. The molecule has 5 heteroatoms. The van der Waals surface area contributed by atoms with Gasteiger partial charge < -0.3 is 9.47 Å². The highest BCUT2D eigenvalue weighted by Crippen LogP contribution is 2.24. The molecule has 0 amide bonds. The highest BCUT2D eigenvalue weighted by atomic mass is 32.1. The number of nitrogens with zero attached hydrogens (tertiary/aromatic N) is 4. The zero-order chi connectivity index (χ0) is 26.0. The van der Waals surface area contributed by atoms with Crippen LogP contribution in [0.4, 0.5) is 0 Å². The zero-order valence-corrected chi connectivity index (χ0v) is 24.7. The third-order valence-corrected chi connectivity index (χ3v) is 8.69. The second kappa shape index (κ2) is 14.5. The molecule has 0 unspecified atom stereocenters. The van der Waals surface area contributed by atoms with E-state index in [0.29, 0.717) is 0 Å². The lowest BCUT2D eigenvalue weighted by atomic mass is 10.1. The van der Waals surface area contributed by atoms with Crippen LogP contribution in [0.1, 0.15) is 88.9 Å². The molecule has 1 fully saturated rings. The first-order chi connectivity index (χ1) is 18.0. The van der Waals surface area contributed by atoms with Gasteiger partial charge in [0.25, 0.3) is 0 Å². The molecule has 1 aliphatic rings. The monoisotopic (exact) mass is 522 g/mol. The molecule has 1 aliphatic heterocycles. The van der Waals surface area contributed by atoms with Crippen LogP contribution in [-0.2, 0) is 19.5 Å². The maximum atomic E-state index is 5.15. The first-order valence-corrected chi connectivity index (χ1v) is 15.8. The normalized spacial score (nSPS) is 15.4. The van der Waals surface area contributed by atoms with Gasteiger partial charge >= 0.3 is 0 Å². The number of benzene rings is 1. The Bertz CT molecular complexity index is 1030. The summed E-state index contributed by atoms with van der Waals surface area (Å²) in [6.07, 6.45) is 10.2. The minimum absolute atomic E-state index is 0.745. The molecule has 0 atom stereocenters. The van der Waals surface area contributed by atoms with Gasteiger partial charge in [-0.3, -0.25) is 4.90 Å². The second-order valence-electron chi connectivity index (χ2n) is 12.0. The van der Waals surface area contributed by atoms with E-state index in [2.05, 4.69) is 77.8 Å². The van der Waals surface area contributed by atoms with E-state index in [0.717, 1.165) is 36.9 Å². The Kier molecular flexibility index (Phi) is 11.1. The molecule has 0 N–H and O–H groups in total. The first kappa shape index (κ1) is 28.3. The van der Waals surface area contributed by atoms with Crippen molar-refractivity contribution in [2.45, 2.75) is 92.2 Å². The van der Waals surface area contributed by atoms with Gasteiger partial charge in [-0.05, 0) is 106 Å². The summed E-state index contributed by atoms with van der Waals surface area (Å²) in [4.78, 5) is 11.9. The van der Waals surface area contributed by atoms with Crippen LogP contribution >= 0.6 is 11.3 Å². The molecule has 4 rings (SSSR count). The maximum Gasteiger partial charge on any atom is 0.115 e. The predicted molar refractivity (Wildman–Crippen MR) is 161 cm³/mol. The number of aryl methyl sites for hydroxylation is 1. The van der Waals surface area contributed by atoms with E-state index in [9.17, 15) is 0 Å². The van der Waals surface area contributed by atoms with Crippen LogP contribution < -0.4 is 0 Å². The van der Waals surface area contributed by atoms with E-state index in [4.69, 9.17) is 4.98 Å². The van der Waals surface area contributed by atoms with Crippen molar-refractivity contribution < 1.29 is 0 Å². The highest BCUT2D eigenvalue weighted by molar-refractivity contribution is 7.09. The predicted octanol–water partition coefficient (Wildman–Crippen LogP) is 7.85. The average Bonchev–Trinajstić information content (AvgIpc) is 3.41. The third kappa shape index (κ3) is 8.94. The van der Waals surface area contributed by atoms with Crippen LogP contribution in [0.2, 0.25) is 0 Å². The molecular weight excluding hydrogens is 472 g/mol. The number of hydrogen-bond acceptors (Lipinski definition) is 4. The quantitative estimate of drug-likeness (QED) is 0.215. The van der Waals surface area contributed by atoms with Crippen LogP contribution in [0, 0.1) is 11.8 Å². The van der Waals surface area contributed by atoms with E-state index in [-0.39, 0.29) is 0 Å². The zero-order valence-electron chi connectivity index (χ0n) is 23.9. The Balaban J connectivity index is 1.52. The van der Waals surface area contributed by atoms with Gasteiger partial charge in [0.05, 0.1) is 11.0 Å². The topological polar surface area (TPSA) is 24.3 Å². The summed E-state index contributed by atoms with van der Waals surface area (Å²) in [7, 11) is 0. The van der Waals surface area contributed by atoms with Crippen molar-refractivity contribution in [2.75, 3.05) is 32.7 Å². The minimum Gasteiger partial charge on any atom is -0.328 e. The van der Waals surface area contributed by atoms with Crippen LogP contribution in [0.5, 0.6) is 0 Å². The Hall–Kier alpha value is -1.69.